The zero-order valence-electron chi connectivity index (χ0n) is 6.61. The van der Waals surface area contributed by atoms with E-state index < -0.39 is 7.12 Å². The normalized spacial score (nSPS) is 10.6. The summed E-state index contributed by atoms with van der Waals surface area (Å²) in [5.41, 5.74) is 1.03. The molecule has 0 unspecified atom stereocenters. The molecule has 0 aromatic carbocycles. The van der Waals surface area contributed by atoms with E-state index in [1.807, 2.05) is 25.3 Å². The Morgan fingerprint density at radius 3 is 2.45 bits per heavy atom. The molecule has 0 atom stereocenters. The first-order chi connectivity index (χ1) is 5.13. The van der Waals surface area contributed by atoms with Gasteiger partial charge in [0.15, 0.2) is 0 Å². The summed E-state index contributed by atoms with van der Waals surface area (Å²) in [7, 11) is -1.31. The fourth-order valence-electron chi connectivity index (χ4n) is 1.02. The minimum Gasteiger partial charge on any atom is -0.423 e. The summed E-state index contributed by atoms with van der Waals surface area (Å²) in [4.78, 5) is 0. The first-order valence-electron chi connectivity index (χ1n) is 3.56. The zero-order valence-corrected chi connectivity index (χ0v) is 7.43. The molecule has 1 aromatic heterocycles. The van der Waals surface area contributed by atoms with Gasteiger partial charge in [0.2, 0.25) is 0 Å². The van der Waals surface area contributed by atoms with E-state index in [0.717, 1.165) is 5.56 Å². The lowest BCUT2D eigenvalue weighted by molar-refractivity contribution is 0.426. The van der Waals surface area contributed by atoms with Crippen LogP contribution >= 0.6 is 11.3 Å². The minimum absolute atomic E-state index is 0.359. The lowest BCUT2D eigenvalue weighted by atomic mass is 9.83. The molecule has 4 heteroatoms. The summed E-state index contributed by atoms with van der Waals surface area (Å²) >= 11 is 1.39. The van der Waals surface area contributed by atoms with Crippen LogP contribution in [-0.2, 0) is 0 Å². The van der Waals surface area contributed by atoms with Gasteiger partial charge in [-0.1, -0.05) is 13.8 Å². The van der Waals surface area contributed by atoms with Crippen molar-refractivity contribution in [1.82, 2.24) is 0 Å². The molecular weight excluding hydrogens is 159 g/mol. The average molecular weight is 170 g/mol. The molecule has 0 fully saturated rings. The van der Waals surface area contributed by atoms with Gasteiger partial charge in [0.25, 0.3) is 0 Å². The summed E-state index contributed by atoms with van der Waals surface area (Å²) in [5.74, 6) is 0.359. The molecule has 0 amide bonds. The summed E-state index contributed by atoms with van der Waals surface area (Å²) in [6.45, 7) is 4.07. The van der Waals surface area contributed by atoms with Crippen LogP contribution in [0.15, 0.2) is 11.4 Å². The van der Waals surface area contributed by atoms with Crippen molar-refractivity contribution in [3.63, 3.8) is 0 Å². The molecular formula is C7H11BO2S. The first-order valence-corrected chi connectivity index (χ1v) is 4.44. The average Bonchev–Trinajstić information content (AvgIpc) is 2.32. The Morgan fingerprint density at radius 2 is 2.09 bits per heavy atom. The topological polar surface area (TPSA) is 40.5 Å². The third-order valence-electron chi connectivity index (χ3n) is 1.58. The first kappa shape index (κ1) is 8.78. The summed E-state index contributed by atoms with van der Waals surface area (Å²) in [6.07, 6.45) is 0. The van der Waals surface area contributed by atoms with E-state index >= 15 is 0 Å². The fourth-order valence-corrected chi connectivity index (χ4v) is 1.94. The van der Waals surface area contributed by atoms with Gasteiger partial charge in [-0.25, -0.2) is 0 Å². The van der Waals surface area contributed by atoms with Crippen molar-refractivity contribution >= 4 is 23.2 Å². The molecule has 2 N–H and O–H groups in total. The molecule has 11 heavy (non-hydrogen) atoms. The van der Waals surface area contributed by atoms with E-state index in [1.165, 1.54) is 11.3 Å². The van der Waals surface area contributed by atoms with Crippen molar-refractivity contribution in [1.29, 1.82) is 0 Å². The number of thiophene rings is 1. The third-order valence-corrected chi connectivity index (χ3v) is 2.56. The Labute approximate surface area is 70.6 Å². The highest BCUT2D eigenvalue weighted by molar-refractivity contribution is 7.20. The number of hydrogen-bond donors (Lipinski definition) is 2. The van der Waals surface area contributed by atoms with Crippen molar-refractivity contribution in [3.8, 4) is 0 Å². The van der Waals surface area contributed by atoms with Crippen LogP contribution < -0.4 is 4.78 Å². The standard InChI is InChI=1S/C7H11BO2S/c1-5(2)6-3-4-11-7(6)8(9)10/h3-5,9-10H,1-2H3. The zero-order chi connectivity index (χ0) is 8.43. The van der Waals surface area contributed by atoms with Gasteiger partial charge >= 0.3 is 7.12 Å². The summed E-state index contributed by atoms with van der Waals surface area (Å²) < 4.78 is 0.667. The monoisotopic (exact) mass is 170 g/mol. The highest BCUT2D eigenvalue weighted by Gasteiger charge is 2.18. The molecule has 1 rings (SSSR count). The van der Waals surface area contributed by atoms with Crippen LogP contribution in [0.2, 0.25) is 0 Å². The fraction of sp³-hybridized carbons (Fsp3) is 0.429. The molecule has 60 valence electrons. The van der Waals surface area contributed by atoms with Gasteiger partial charge in [-0.15, -0.1) is 0 Å². The third kappa shape index (κ3) is 1.83. The molecule has 0 radical (unpaired) electrons. The molecule has 1 aromatic rings. The highest BCUT2D eigenvalue weighted by Crippen LogP contribution is 2.15. The number of rotatable bonds is 2. The second kappa shape index (κ2) is 3.39. The lowest BCUT2D eigenvalue weighted by Crippen LogP contribution is -2.30. The Morgan fingerprint density at radius 1 is 1.45 bits per heavy atom. The molecule has 0 saturated carbocycles. The molecule has 1 heterocycles. The van der Waals surface area contributed by atoms with Crippen LogP contribution in [0.4, 0.5) is 0 Å². The molecule has 0 saturated heterocycles. The van der Waals surface area contributed by atoms with E-state index in [0.29, 0.717) is 10.7 Å². The molecule has 2 nitrogen and oxygen atoms in total. The van der Waals surface area contributed by atoms with Crippen LogP contribution in [0, 0.1) is 0 Å². The van der Waals surface area contributed by atoms with E-state index in [9.17, 15) is 0 Å². The van der Waals surface area contributed by atoms with Crippen LogP contribution in [0.3, 0.4) is 0 Å². The smallest absolute Gasteiger partial charge is 0.423 e. The van der Waals surface area contributed by atoms with E-state index in [-0.39, 0.29) is 0 Å². The van der Waals surface area contributed by atoms with Gasteiger partial charge < -0.3 is 10.0 Å². The van der Waals surface area contributed by atoms with Gasteiger partial charge in [-0.05, 0) is 22.9 Å². The Bertz CT molecular complexity index is 210. The van der Waals surface area contributed by atoms with Gasteiger partial charge in [-0.2, -0.15) is 11.3 Å². The van der Waals surface area contributed by atoms with Crippen molar-refractivity contribution in [2.75, 3.05) is 0 Å². The minimum atomic E-state index is -1.31. The van der Waals surface area contributed by atoms with Crippen LogP contribution in [-0.4, -0.2) is 17.2 Å². The van der Waals surface area contributed by atoms with Gasteiger partial charge in [0.05, 0.1) is 0 Å². The molecule has 0 aliphatic heterocycles. The summed E-state index contributed by atoms with van der Waals surface area (Å²) in [5, 5.41) is 19.7. The Hall–Kier alpha value is -0.315. The molecule has 0 spiro atoms. The molecule has 0 bridgehead atoms. The van der Waals surface area contributed by atoms with Crippen molar-refractivity contribution < 1.29 is 10.0 Å². The second-order valence-electron chi connectivity index (χ2n) is 2.77. The van der Waals surface area contributed by atoms with Crippen molar-refractivity contribution in [2.45, 2.75) is 19.8 Å². The maximum Gasteiger partial charge on any atom is 0.499 e. The van der Waals surface area contributed by atoms with Crippen molar-refractivity contribution in [2.24, 2.45) is 0 Å². The second-order valence-corrected chi connectivity index (χ2v) is 3.72. The summed E-state index contributed by atoms with van der Waals surface area (Å²) in [6, 6.07) is 1.93. The lowest BCUT2D eigenvalue weighted by Gasteiger charge is -2.04. The van der Waals surface area contributed by atoms with E-state index in [4.69, 9.17) is 10.0 Å². The van der Waals surface area contributed by atoms with Crippen molar-refractivity contribution in [3.05, 3.63) is 17.0 Å². The van der Waals surface area contributed by atoms with Crippen LogP contribution in [0.25, 0.3) is 0 Å². The maximum atomic E-state index is 8.91. The SMILES string of the molecule is CC(C)c1ccsc1B(O)O. The highest BCUT2D eigenvalue weighted by atomic mass is 32.1. The Kier molecular flexibility index (Phi) is 2.70. The number of hydrogen-bond acceptors (Lipinski definition) is 3. The maximum absolute atomic E-state index is 8.91. The quantitative estimate of drug-likeness (QED) is 0.636. The predicted octanol–water partition coefficient (Wildman–Crippen LogP) is 0.551. The van der Waals surface area contributed by atoms with Gasteiger partial charge in [0, 0.05) is 4.78 Å². The van der Waals surface area contributed by atoms with Gasteiger partial charge in [-0.3, -0.25) is 0 Å². The van der Waals surface area contributed by atoms with Gasteiger partial charge in [0.1, 0.15) is 0 Å². The van der Waals surface area contributed by atoms with Crippen LogP contribution in [0.1, 0.15) is 25.3 Å². The van der Waals surface area contributed by atoms with E-state index in [2.05, 4.69) is 0 Å². The van der Waals surface area contributed by atoms with E-state index in [1.54, 1.807) is 0 Å². The molecule has 0 aliphatic rings. The Balaban J connectivity index is 2.96. The van der Waals surface area contributed by atoms with Crippen LogP contribution in [0.5, 0.6) is 0 Å². The molecule has 0 aliphatic carbocycles. The predicted molar refractivity (Wildman–Crippen MR) is 48.2 cm³/mol. The largest absolute Gasteiger partial charge is 0.499 e.